The lowest BCUT2D eigenvalue weighted by Crippen LogP contribution is -2.60. The largest absolute Gasteiger partial charge is 0.513 e. The zero-order chi connectivity index (χ0) is 28.2. The van der Waals surface area contributed by atoms with Crippen molar-refractivity contribution in [2.75, 3.05) is 19.9 Å². The van der Waals surface area contributed by atoms with Gasteiger partial charge in [0.05, 0.1) is 25.2 Å². The highest BCUT2D eigenvalue weighted by Crippen LogP contribution is 2.47. The SMILES string of the molecule is CC(C)CC(=O)OCOC(=O)OC(C(=O)OC1CC2CCC(C1)[N+]21CCCC1)(c1ccccc1)c1ccccc1. The fourth-order valence-corrected chi connectivity index (χ4v) is 7.14. The summed E-state index contributed by atoms with van der Waals surface area (Å²) in [6, 6.07) is 18.7. The van der Waals surface area contributed by atoms with Gasteiger partial charge < -0.3 is 23.4 Å². The zero-order valence-electron chi connectivity index (χ0n) is 23.5. The number of nitrogens with zero attached hydrogens (tertiary/aromatic N) is 1. The van der Waals surface area contributed by atoms with Crippen LogP contribution in [0.15, 0.2) is 60.7 Å². The number of piperidine rings is 1. The minimum Gasteiger partial charge on any atom is -0.458 e. The van der Waals surface area contributed by atoms with Gasteiger partial charge in [-0.3, -0.25) is 4.79 Å². The van der Waals surface area contributed by atoms with Crippen LogP contribution in [0, 0.1) is 5.92 Å². The molecule has 3 saturated heterocycles. The normalized spacial score (nSPS) is 23.1. The van der Waals surface area contributed by atoms with Gasteiger partial charge in [-0.05, 0) is 5.92 Å². The van der Waals surface area contributed by atoms with Crippen molar-refractivity contribution in [3.8, 4) is 0 Å². The van der Waals surface area contributed by atoms with Gasteiger partial charge in [0.15, 0.2) is 0 Å². The highest BCUT2D eigenvalue weighted by molar-refractivity contribution is 5.88. The Bertz CT molecular complexity index is 1120. The van der Waals surface area contributed by atoms with Gasteiger partial charge in [0, 0.05) is 56.1 Å². The van der Waals surface area contributed by atoms with Crippen LogP contribution in [0.4, 0.5) is 4.79 Å². The van der Waals surface area contributed by atoms with Crippen molar-refractivity contribution in [3.05, 3.63) is 71.8 Å². The molecule has 8 nitrogen and oxygen atoms in total. The molecule has 3 heterocycles. The molecule has 0 aliphatic carbocycles. The third-order valence-electron chi connectivity index (χ3n) is 8.89. The fourth-order valence-electron chi connectivity index (χ4n) is 7.14. The first-order chi connectivity index (χ1) is 19.3. The van der Waals surface area contributed by atoms with Gasteiger partial charge in [-0.25, -0.2) is 9.59 Å². The molecule has 3 aliphatic heterocycles. The van der Waals surface area contributed by atoms with Gasteiger partial charge in [-0.2, -0.15) is 0 Å². The van der Waals surface area contributed by atoms with Crippen molar-refractivity contribution in [2.24, 2.45) is 5.92 Å². The molecule has 0 amide bonds. The number of rotatable bonds is 9. The van der Waals surface area contributed by atoms with Crippen LogP contribution in [0.5, 0.6) is 0 Å². The molecule has 2 atom stereocenters. The van der Waals surface area contributed by atoms with Gasteiger partial charge in [-0.15, -0.1) is 0 Å². The summed E-state index contributed by atoms with van der Waals surface area (Å²) in [6.07, 6.45) is 5.32. The molecule has 2 bridgehead atoms. The zero-order valence-corrected chi connectivity index (χ0v) is 23.5. The lowest BCUT2D eigenvalue weighted by Gasteiger charge is -2.47. The van der Waals surface area contributed by atoms with Crippen molar-refractivity contribution in [1.29, 1.82) is 0 Å². The van der Waals surface area contributed by atoms with Gasteiger partial charge in [0.25, 0.3) is 5.60 Å². The molecule has 2 unspecified atom stereocenters. The van der Waals surface area contributed by atoms with E-state index in [9.17, 15) is 14.4 Å². The topological polar surface area (TPSA) is 88.1 Å². The van der Waals surface area contributed by atoms with Crippen LogP contribution < -0.4 is 0 Å². The molecular formula is C32H40NO7+. The van der Waals surface area contributed by atoms with E-state index in [1.54, 1.807) is 48.5 Å². The summed E-state index contributed by atoms with van der Waals surface area (Å²) in [5.41, 5.74) is -0.999. The molecule has 3 aliphatic rings. The summed E-state index contributed by atoms with van der Waals surface area (Å²) in [5, 5.41) is 0. The molecule has 0 saturated carbocycles. The van der Waals surface area contributed by atoms with Gasteiger partial charge in [0.1, 0.15) is 6.10 Å². The first-order valence-electron chi connectivity index (χ1n) is 14.5. The first-order valence-corrected chi connectivity index (χ1v) is 14.5. The van der Waals surface area contributed by atoms with Crippen LogP contribution in [-0.4, -0.2) is 60.6 Å². The molecular weight excluding hydrogens is 510 g/mol. The predicted octanol–water partition coefficient (Wildman–Crippen LogP) is 5.48. The third kappa shape index (κ3) is 5.59. The van der Waals surface area contributed by atoms with Crippen LogP contribution >= 0.6 is 0 Å². The van der Waals surface area contributed by atoms with Crippen molar-refractivity contribution >= 4 is 18.1 Å². The highest BCUT2D eigenvalue weighted by atomic mass is 16.8. The van der Waals surface area contributed by atoms with E-state index in [2.05, 4.69) is 0 Å². The van der Waals surface area contributed by atoms with E-state index >= 15 is 0 Å². The molecule has 5 rings (SSSR count). The van der Waals surface area contributed by atoms with E-state index in [1.165, 1.54) is 43.3 Å². The molecule has 2 aromatic rings. The van der Waals surface area contributed by atoms with Crippen LogP contribution in [0.25, 0.3) is 0 Å². The summed E-state index contributed by atoms with van der Waals surface area (Å²) in [6.45, 7) is 5.63. The minimum atomic E-state index is -1.89. The summed E-state index contributed by atoms with van der Waals surface area (Å²) in [5.74, 6) is -1.03. The quantitative estimate of drug-likeness (QED) is 0.177. The number of esters is 2. The molecule has 1 spiro atoms. The molecule has 8 heteroatoms. The average Bonchev–Trinajstić information content (AvgIpc) is 3.48. The van der Waals surface area contributed by atoms with Crippen molar-refractivity contribution in [1.82, 2.24) is 0 Å². The molecule has 0 N–H and O–H groups in total. The Morgan fingerprint density at radius 2 is 1.40 bits per heavy atom. The first kappa shape index (κ1) is 28.1. The number of carbonyl (C=O) groups excluding carboxylic acids is 3. The Kier molecular flexibility index (Phi) is 8.45. The Morgan fingerprint density at radius 1 is 0.850 bits per heavy atom. The number of hydrogen-bond donors (Lipinski definition) is 0. The standard InChI is InChI=1S/C32H40NO7/c1-23(2)19-29(34)37-22-38-31(36)40-32(24-11-5-3-6-12-24,25-13-7-4-8-14-25)30(35)39-28-20-26-15-16-27(21-28)33(26)17-9-10-18-33/h3-8,11-14,23,26-28H,9-10,15-22H2,1-2H3/q+1. The maximum absolute atomic E-state index is 14.3. The van der Waals surface area contributed by atoms with Gasteiger partial charge in [0.2, 0.25) is 6.79 Å². The Hall–Kier alpha value is -3.39. The number of quaternary nitrogens is 1. The van der Waals surface area contributed by atoms with Gasteiger partial charge >= 0.3 is 18.1 Å². The summed E-state index contributed by atoms with van der Waals surface area (Å²) in [4.78, 5) is 39.2. The number of benzene rings is 2. The van der Waals surface area contributed by atoms with E-state index in [-0.39, 0.29) is 18.4 Å². The lowest BCUT2D eigenvalue weighted by molar-refractivity contribution is -0.956. The van der Waals surface area contributed by atoms with Crippen LogP contribution in [0.2, 0.25) is 0 Å². The van der Waals surface area contributed by atoms with E-state index in [0.29, 0.717) is 23.2 Å². The Morgan fingerprint density at radius 3 is 1.93 bits per heavy atom. The van der Waals surface area contributed by atoms with Gasteiger partial charge in [-0.1, -0.05) is 74.5 Å². The minimum absolute atomic E-state index is 0.107. The second kappa shape index (κ2) is 12.0. The van der Waals surface area contributed by atoms with E-state index in [0.717, 1.165) is 12.8 Å². The predicted molar refractivity (Wildman–Crippen MR) is 147 cm³/mol. The Balaban J connectivity index is 1.39. The number of ether oxygens (including phenoxy) is 4. The number of hydrogen-bond acceptors (Lipinski definition) is 7. The van der Waals surface area contributed by atoms with Crippen molar-refractivity contribution in [3.63, 3.8) is 0 Å². The fraction of sp³-hybridized carbons (Fsp3) is 0.531. The summed E-state index contributed by atoms with van der Waals surface area (Å²) in [7, 11) is 0. The smallest absolute Gasteiger partial charge is 0.458 e. The third-order valence-corrected chi connectivity index (χ3v) is 8.89. The molecule has 3 fully saturated rings. The lowest BCUT2D eigenvalue weighted by atomic mass is 9.85. The second-order valence-electron chi connectivity index (χ2n) is 11.8. The van der Waals surface area contributed by atoms with E-state index in [4.69, 9.17) is 18.9 Å². The molecule has 0 aromatic heterocycles. The Labute approximate surface area is 236 Å². The maximum Gasteiger partial charge on any atom is 0.513 e. The molecule has 2 aromatic carbocycles. The summed E-state index contributed by atoms with van der Waals surface area (Å²) < 4.78 is 23.5. The molecule has 0 radical (unpaired) electrons. The highest BCUT2D eigenvalue weighted by Gasteiger charge is 2.57. The summed E-state index contributed by atoms with van der Waals surface area (Å²) >= 11 is 0. The monoisotopic (exact) mass is 550 g/mol. The van der Waals surface area contributed by atoms with Crippen molar-refractivity contribution in [2.45, 2.75) is 82.6 Å². The molecule has 40 heavy (non-hydrogen) atoms. The number of carbonyl (C=O) groups is 3. The average molecular weight is 551 g/mol. The maximum atomic E-state index is 14.3. The van der Waals surface area contributed by atoms with Crippen LogP contribution in [-0.2, 0) is 34.1 Å². The van der Waals surface area contributed by atoms with E-state index in [1.807, 2.05) is 26.0 Å². The van der Waals surface area contributed by atoms with Crippen LogP contribution in [0.1, 0.15) is 69.9 Å². The molecule has 214 valence electrons. The van der Waals surface area contributed by atoms with E-state index < -0.39 is 30.5 Å². The second-order valence-corrected chi connectivity index (χ2v) is 11.8. The van der Waals surface area contributed by atoms with Crippen LogP contribution in [0.3, 0.4) is 0 Å². The van der Waals surface area contributed by atoms with Crippen molar-refractivity contribution < 1.29 is 37.8 Å².